The Kier molecular flexibility index (Phi) is 2.75. The van der Waals surface area contributed by atoms with E-state index in [4.69, 9.17) is 10.4 Å². The molecular formula is C8H8N2O2. The molecule has 1 rings (SSSR count). The van der Waals surface area contributed by atoms with E-state index in [9.17, 15) is 5.11 Å². The molecule has 0 bridgehead atoms. The highest BCUT2D eigenvalue weighted by Gasteiger charge is 2.16. The van der Waals surface area contributed by atoms with E-state index in [0.717, 1.165) is 0 Å². The van der Waals surface area contributed by atoms with Gasteiger partial charge in [0.15, 0.2) is 6.10 Å². The number of hydrogen-bond donors (Lipinski definition) is 2. The van der Waals surface area contributed by atoms with Crippen LogP contribution in [0.15, 0.2) is 24.5 Å². The van der Waals surface area contributed by atoms with Gasteiger partial charge in [0.1, 0.15) is 6.10 Å². The van der Waals surface area contributed by atoms with Gasteiger partial charge < -0.3 is 10.2 Å². The lowest BCUT2D eigenvalue weighted by Gasteiger charge is -2.10. The zero-order valence-electron chi connectivity index (χ0n) is 6.25. The molecule has 2 atom stereocenters. The molecule has 62 valence electrons. The van der Waals surface area contributed by atoms with Crippen molar-refractivity contribution in [1.29, 1.82) is 5.26 Å². The number of rotatable bonds is 2. The Morgan fingerprint density at radius 2 is 2.25 bits per heavy atom. The van der Waals surface area contributed by atoms with Crippen molar-refractivity contribution in [3.05, 3.63) is 30.1 Å². The summed E-state index contributed by atoms with van der Waals surface area (Å²) in [5.74, 6) is 0. The van der Waals surface area contributed by atoms with Crippen molar-refractivity contribution in [2.75, 3.05) is 0 Å². The molecule has 0 spiro atoms. The highest BCUT2D eigenvalue weighted by atomic mass is 16.3. The molecule has 2 unspecified atom stereocenters. The Labute approximate surface area is 69.7 Å². The fourth-order valence-electron chi connectivity index (χ4n) is 0.804. The van der Waals surface area contributed by atoms with Gasteiger partial charge in [0.2, 0.25) is 0 Å². The predicted molar refractivity (Wildman–Crippen MR) is 40.8 cm³/mol. The van der Waals surface area contributed by atoms with E-state index in [1.165, 1.54) is 6.20 Å². The number of nitrogens with zero attached hydrogens (tertiary/aromatic N) is 2. The SMILES string of the molecule is N#CC(O)C(O)c1cccnc1. The monoisotopic (exact) mass is 164 g/mol. The van der Waals surface area contributed by atoms with Crippen molar-refractivity contribution in [1.82, 2.24) is 4.98 Å². The fourth-order valence-corrected chi connectivity index (χ4v) is 0.804. The van der Waals surface area contributed by atoms with Gasteiger partial charge in [-0.2, -0.15) is 5.26 Å². The number of aliphatic hydroxyl groups excluding tert-OH is 2. The van der Waals surface area contributed by atoms with Crippen LogP contribution in [0, 0.1) is 11.3 Å². The smallest absolute Gasteiger partial charge is 0.170 e. The molecule has 0 aromatic carbocycles. The van der Waals surface area contributed by atoms with E-state index in [1.807, 2.05) is 0 Å². The Bertz CT molecular complexity index is 281. The van der Waals surface area contributed by atoms with Crippen LogP contribution in [-0.2, 0) is 0 Å². The molecule has 0 fully saturated rings. The lowest BCUT2D eigenvalue weighted by Crippen LogP contribution is -2.15. The van der Waals surface area contributed by atoms with Crippen LogP contribution in [0.5, 0.6) is 0 Å². The maximum Gasteiger partial charge on any atom is 0.170 e. The van der Waals surface area contributed by atoms with Crippen LogP contribution in [0.1, 0.15) is 11.7 Å². The lowest BCUT2D eigenvalue weighted by molar-refractivity contribution is 0.0525. The third-order valence-electron chi connectivity index (χ3n) is 1.46. The average Bonchev–Trinajstić information content (AvgIpc) is 2.17. The first-order valence-corrected chi connectivity index (χ1v) is 3.41. The van der Waals surface area contributed by atoms with Crippen LogP contribution in [0.3, 0.4) is 0 Å². The van der Waals surface area contributed by atoms with Gasteiger partial charge in [0.05, 0.1) is 6.07 Å². The Morgan fingerprint density at radius 1 is 1.50 bits per heavy atom. The van der Waals surface area contributed by atoms with E-state index in [2.05, 4.69) is 4.98 Å². The van der Waals surface area contributed by atoms with E-state index < -0.39 is 12.2 Å². The van der Waals surface area contributed by atoms with Gasteiger partial charge in [-0.25, -0.2) is 0 Å². The molecule has 1 heterocycles. The summed E-state index contributed by atoms with van der Waals surface area (Å²) in [4.78, 5) is 3.74. The molecule has 0 amide bonds. The fraction of sp³-hybridized carbons (Fsp3) is 0.250. The summed E-state index contributed by atoms with van der Waals surface area (Å²) >= 11 is 0. The van der Waals surface area contributed by atoms with Crippen LogP contribution in [0.25, 0.3) is 0 Å². The van der Waals surface area contributed by atoms with Crippen molar-refractivity contribution >= 4 is 0 Å². The second-order valence-corrected chi connectivity index (χ2v) is 2.31. The third kappa shape index (κ3) is 1.78. The number of aliphatic hydroxyl groups is 2. The number of aromatic nitrogens is 1. The summed E-state index contributed by atoms with van der Waals surface area (Å²) in [5, 5.41) is 26.5. The van der Waals surface area contributed by atoms with Crippen molar-refractivity contribution in [2.45, 2.75) is 12.2 Å². The molecule has 4 heteroatoms. The van der Waals surface area contributed by atoms with Gasteiger partial charge in [-0.15, -0.1) is 0 Å². The van der Waals surface area contributed by atoms with E-state index in [1.54, 1.807) is 24.4 Å². The summed E-state index contributed by atoms with van der Waals surface area (Å²) in [7, 11) is 0. The summed E-state index contributed by atoms with van der Waals surface area (Å²) in [5.41, 5.74) is 0.437. The molecule has 2 N–H and O–H groups in total. The molecule has 0 radical (unpaired) electrons. The van der Waals surface area contributed by atoms with Crippen molar-refractivity contribution in [2.24, 2.45) is 0 Å². The zero-order valence-corrected chi connectivity index (χ0v) is 6.25. The van der Waals surface area contributed by atoms with Crippen LogP contribution in [-0.4, -0.2) is 21.3 Å². The quantitative estimate of drug-likeness (QED) is 0.603. The molecule has 0 aliphatic carbocycles. The normalized spacial score (nSPS) is 14.8. The van der Waals surface area contributed by atoms with E-state index in [0.29, 0.717) is 5.56 Å². The van der Waals surface area contributed by atoms with Gasteiger partial charge in [-0.3, -0.25) is 4.98 Å². The average molecular weight is 164 g/mol. The molecule has 1 aromatic heterocycles. The molecular weight excluding hydrogens is 156 g/mol. The third-order valence-corrected chi connectivity index (χ3v) is 1.46. The van der Waals surface area contributed by atoms with Gasteiger partial charge >= 0.3 is 0 Å². The summed E-state index contributed by atoms with van der Waals surface area (Å²) in [6, 6.07) is 4.76. The number of pyridine rings is 1. The van der Waals surface area contributed by atoms with E-state index in [-0.39, 0.29) is 0 Å². The second kappa shape index (κ2) is 3.81. The minimum Gasteiger partial charge on any atom is -0.384 e. The highest BCUT2D eigenvalue weighted by Crippen LogP contribution is 2.14. The Hall–Kier alpha value is -1.44. The van der Waals surface area contributed by atoms with Crippen LogP contribution >= 0.6 is 0 Å². The standard InChI is InChI=1S/C8H8N2O2/c9-4-7(11)8(12)6-2-1-3-10-5-6/h1-3,5,7-8,11-12H. The molecule has 0 aliphatic heterocycles. The number of nitriles is 1. The highest BCUT2D eigenvalue weighted by molar-refractivity contribution is 5.15. The molecule has 12 heavy (non-hydrogen) atoms. The molecule has 0 saturated carbocycles. The molecule has 0 saturated heterocycles. The first-order valence-electron chi connectivity index (χ1n) is 3.41. The van der Waals surface area contributed by atoms with Crippen LogP contribution in [0.4, 0.5) is 0 Å². The predicted octanol–water partition coefficient (Wildman–Crippen LogP) is -0.000520. The summed E-state index contributed by atoms with van der Waals surface area (Å²) in [6.07, 6.45) is 0.387. The minimum atomic E-state index is -1.39. The van der Waals surface area contributed by atoms with Crippen molar-refractivity contribution in [3.8, 4) is 6.07 Å². The number of hydrogen-bond acceptors (Lipinski definition) is 4. The molecule has 4 nitrogen and oxygen atoms in total. The first kappa shape index (κ1) is 8.65. The maximum atomic E-state index is 9.28. The van der Waals surface area contributed by atoms with Crippen molar-refractivity contribution < 1.29 is 10.2 Å². The summed E-state index contributed by atoms with van der Waals surface area (Å²) < 4.78 is 0. The van der Waals surface area contributed by atoms with Crippen molar-refractivity contribution in [3.63, 3.8) is 0 Å². The van der Waals surface area contributed by atoms with Gasteiger partial charge in [-0.1, -0.05) is 6.07 Å². The van der Waals surface area contributed by atoms with Crippen LogP contribution in [0.2, 0.25) is 0 Å². The summed E-state index contributed by atoms with van der Waals surface area (Å²) in [6.45, 7) is 0. The molecule has 0 aliphatic rings. The largest absolute Gasteiger partial charge is 0.384 e. The maximum absolute atomic E-state index is 9.28. The topological polar surface area (TPSA) is 77.1 Å². The zero-order chi connectivity index (χ0) is 8.97. The lowest BCUT2D eigenvalue weighted by atomic mass is 10.1. The minimum absolute atomic E-state index is 0.437. The van der Waals surface area contributed by atoms with Gasteiger partial charge in [-0.05, 0) is 6.07 Å². The van der Waals surface area contributed by atoms with Crippen LogP contribution < -0.4 is 0 Å². The van der Waals surface area contributed by atoms with E-state index >= 15 is 0 Å². The first-order chi connectivity index (χ1) is 5.75. The second-order valence-electron chi connectivity index (χ2n) is 2.31. The van der Waals surface area contributed by atoms with Gasteiger partial charge in [0.25, 0.3) is 0 Å². The van der Waals surface area contributed by atoms with Gasteiger partial charge in [0, 0.05) is 18.0 Å². The Morgan fingerprint density at radius 3 is 2.75 bits per heavy atom. The molecule has 1 aromatic rings. The Balaban J connectivity index is 2.80.